The fraction of sp³-hybridized carbons (Fsp3) is 0.375. The third kappa shape index (κ3) is 4.71. The molecule has 1 aromatic heterocycles. The first-order valence-electron chi connectivity index (χ1n) is 7.67. The summed E-state index contributed by atoms with van der Waals surface area (Å²) in [5, 5.41) is 27.2. The van der Waals surface area contributed by atoms with E-state index < -0.39 is 4.92 Å². The molecular weight excluding hydrogens is 369 g/mol. The molecule has 1 fully saturated rings. The molecule has 1 saturated heterocycles. The van der Waals surface area contributed by atoms with Crippen molar-refractivity contribution in [3.8, 4) is 11.3 Å². The van der Waals surface area contributed by atoms with Crippen molar-refractivity contribution in [2.45, 2.75) is 12.6 Å². The first-order valence-corrected chi connectivity index (χ1v) is 8.05. The van der Waals surface area contributed by atoms with Crippen LogP contribution in [0.1, 0.15) is 5.76 Å². The number of aliphatic hydroxyl groups is 1. The zero-order chi connectivity index (χ0) is 17.1. The molecule has 2 aromatic rings. The molecule has 7 nitrogen and oxygen atoms in total. The number of nitrogens with one attached hydrogen (secondary N) is 2. The summed E-state index contributed by atoms with van der Waals surface area (Å²) in [7, 11) is 0. The Labute approximate surface area is 155 Å². The van der Waals surface area contributed by atoms with E-state index >= 15 is 0 Å². The molecule has 1 aromatic carbocycles. The lowest BCUT2D eigenvalue weighted by Crippen LogP contribution is -2.30. The molecular formula is C16H19Cl2N3O4. The molecule has 0 aliphatic carbocycles. The van der Waals surface area contributed by atoms with E-state index in [0.29, 0.717) is 31.0 Å². The first kappa shape index (κ1) is 19.7. The Bertz CT molecular complexity index is 738. The number of non-ortho nitro benzene ring substituents is 1. The average Bonchev–Trinajstić information content (AvgIpc) is 3.17. The van der Waals surface area contributed by atoms with Gasteiger partial charge >= 0.3 is 0 Å². The van der Waals surface area contributed by atoms with Crippen LogP contribution >= 0.6 is 24.0 Å². The van der Waals surface area contributed by atoms with Gasteiger partial charge in [0.1, 0.15) is 11.5 Å². The molecule has 0 saturated carbocycles. The number of aliphatic hydroxyl groups excluding tert-OH is 1. The number of hydrogen-bond donors (Lipinski definition) is 3. The second-order valence-corrected chi connectivity index (χ2v) is 6.21. The van der Waals surface area contributed by atoms with Crippen LogP contribution in [0.15, 0.2) is 34.7 Å². The van der Waals surface area contributed by atoms with E-state index in [1.165, 1.54) is 12.1 Å². The van der Waals surface area contributed by atoms with Crippen LogP contribution in [0.2, 0.25) is 5.02 Å². The monoisotopic (exact) mass is 387 g/mol. The minimum absolute atomic E-state index is 0. The Morgan fingerprint density at radius 2 is 2.16 bits per heavy atom. The molecule has 0 amide bonds. The molecule has 2 heterocycles. The maximum absolute atomic E-state index is 10.7. The van der Waals surface area contributed by atoms with E-state index in [1.807, 2.05) is 6.07 Å². The van der Waals surface area contributed by atoms with E-state index in [0.717, 1.165) is 12.3 Å². The van der Waals surface area contributed by atoms with Crippen molar-refractivity contribution in [2.24, 2.45) is 5.92 Å². The smallest absolute Gasteiger partial charge is 0.270 e. The van der Waals surface area contributed by atoms with Crippen LogP contribution in [0.25, 0.3) is 11.3 Å². The predicted molar refractivity (Wildman–Crippen MR) is 97.1 cm³/mol. The lowest BCUT2D eigenvalue weighted by molar-refractivity contribution is -0.384. The topological polar surface area (TPSA) is 101 Å². The van der Waals surface area contributed by atoms with Crippen molar-refractivity contribution in [3.05, 3.63) is 51.2 Å². The van der Waals surface area contributed by atoms with Gasteiger partial charge in [0.25, 0.3) is 5.69 Å². The Morgan fingerprint density at radius 3 is 2.80 bits per heavy atom. The zero-order valence-electron chi connectivity index (χ0n) is 13.3. The maximum Gasteiger partial charge on any atom is 0.270 e. The third-order valence-corrected chi connectivity index (χ3v) is 4.41. The van der Waals surface area contributed by atoms with Crippen LogP contribution < -0.4 is 10.6 Å². The highest BCUT2D eigenvalue weighted by molar-refractivity contribution is 6.33. The molecule has 136 valence electrons. The second kappa shape index (κ2) is 8.64. The standard InChI is InChI=1S/C16H18ClN3O4.ClH/c17-14-5-11(20(22)23)1-3-13(14)16-4-2-12(24-16)8-18-6-10-7-19-9-15(10)21;/h1-5,10,15,18-19,21H,6-9H2;1H. The molecule has 0 spiro atoms. The van der Waals surface area contributed by atoms with Gasteiger partial charge in [0.2, 0.25) is 0 Å². The fourth-order valence-corrected chi connectivity index (χ4v) is 3.01. The van der Waals surface area contributed by atoms with Gasteiger partial charge in [-0.25, -0.2) is 0 Å². The van der Waals surface area contributed by atoms with Crippen molar-refractivity contribution in [1.29, 1.82) is 0 Å². The van der Waals surface area contributed by atoms with Gasteiger partial charge in [-0.2, -0.15) is 0 Å². The minimum Gasteiger partial charge on any atom is -0.460 e. The molecule has 3 rings (SSSR count). The van der Waals surface area contributed by atoms with Crippen molar-refractivity contribution in [1.82, 2.24) is 10.6 Å². The van der Waals surface area contributed by atoms with Gasteiger partial charge in [-0.15, -0.1) is 12.4 Å². The van der Waals surface area contributed by atoms with Gasteiger partial charge in [0.15, 0.2) is 0 Å². The first-order chi connectivity index (χ1) is 11.5. The normalized spacial score (nSPS) is 19.6. The number of rotatable bonds is 6. The van der Waals surface area contributed by atoms with Crippen LogP contribution in [0.3, 0.4) is 0 Å². The molecule has 2 unspecified atom stereocenters. The molecule has 1 aliphatic rings. The summed E-state index contributed by atoms with van der Waals surface area (Å²) in [5.41, 5.74) is 0.560. The summed E-state index contributed by atoms with van der Waals surface area (Å²) < 4.78 is 5.75. The number of nitro groups is 1. The molecule has 2 atom stereocenters. The van der Waals surface area contributed by atoms with E-state index in [1.54, 1.807) is 12.1 Å². The van der Waals surface area contributed by atoms with E-state index in [4.69, 9.17) is 16.0 Å². The van der Waals surface area contributed by atoms with Gasteiger partial charge in [-0.3, -0.25) is 10.1 Å². The largest absolute Gasteiger partial charge is 0.460 e. The number of furan rings is 1. The lowest BCUT2D eigenvalue weighted by Gasteiger charge is -2.13. The van der Waals surface area contributed by atoms with Crippen molar-refractivity contribution >= 4 is 29.7 Å². The van der Waals surface area contributed by atoms with Crippen molar-refractivity contribution < 1.29 is 14.4 Å². The van der Waals surface area contributed by atoms with Crippen LogP contribution in [0.5, 0.6) is 0 Å². The Kier molecular flexibility index (Phi) is 6.80. The van der Waals surface area contributed by atoms with Crippen LogP contribution in [0.4, 0.5) is 5.69 Å². The van der Waals surface area contributed by atoms with Crippen molar-refractivity contribution in [3.63, 3.8) is 0 Å². The maximum atomic E-state index is 10.7. The van der Waals surface area contributed by atoms with Crippen LogP contribution in [-0.2, 0) is 6.54 Å². The van der Waals surface area contributed by atoms with Gasteiger partial charge in [0, 0.05) is 43.2 Å². The van der Waals surface area contributed by atoms with E-state index in [2.05, 4.69) is 10.6 Å². The summed E-state index contributed by atoms with van der Waals surface area (Å²) in [6.07, 6.45) is -0.316. The van der Waals surface area contributed by atoms with Gasteiger partial charge < -0.3 is 20.2 Å². The number of nitrogens with zero attached hydrogens (tertiary/aromatic N) is 1. The third-order valence-electron chi connectivity index (χ3n) is 4.10. The summed E-state index contributed by atoms with van der Waals surface area (Å²) in [5.74, 6) is 1.50. The van der Waals surface area contributed by atoms with Crippen LogP contribution in [-0.4, -0.2) is 35.8 Å². The van der Waals surface area contributed by atoms with E-state index in [-0.39, 0.29) is 35.1 Å². The number of halogens is 2. The number of benzene rings is 1. The van der Waals surface area contributed by atoms with Crippen LogP contribution in [0, 0.1) is 16.0 Å². The molecule has 0 radical (unpaired) electrons. The fourth-order valence-electron chi connectivity index (χ4n) is 2.74. The summed E-state index contributed by atoms with van der Waals surface area (Å²) in [6, 6.07) is 7.92. The molecule has 3 N–H and O–H groups in total. The SMILES string of the molecule is Cl.O=[N+]([O-])c1ccc(-c2ccc(CNCC3CNCC3O)o2)c(Cl)c1. The Balaban J connectivity index is 0.00000225. The van der Waals surface area contributed by atoms with Gasteiger partial charge in [-0.1, -0.05) is 11.6 Å². The predicted octanol–water partition coefficient (Wildman–Crippen LogP) is 2.60. The molecule has 25 heavy (non-hydrogen) atoms. The lowest BCUT2D eigenvalue weighted by atomic mass is 10.1. The number of nitro benzene ring substituents is 1. The molecule has 1 aliphatic heterocycles. The minimum atomic E-state index is -0.487. The summed E-state index contributed by atoms with van der Waals surface area (Å²) in [6.45, 7) is 2.67. The second-order valence-electron chi connectivity index (χ2n) is 5.80. The highest BCUT2D eigenvalue weighted by Crippen LogP contribution is 2.32. The quantitative estimate of drug-likeness (QED) is 0.520. The summed E-state index contributed by atoms with van der Waals surface area (Å²) >= 11 is 6.11. The summed E-state index contributed by atoms with van der Waals surface area (Å²) in [4.78, 5) is 10.3. The van der Waals surface area contributed by atoms with E-state index in [9.17, 15) is 15.2 Å². The molecule has 0 bridgehead atoms. The number of β-amino-alcohol motifs (C(OH)–C–C–N with tert-alkyl or cyclic N) is 1. The van der Waals surface area contributed by atoms with Crippen molar-refractivity contribution in [2.75, 3.05) is 19.6 Å². The number of hydrogen-bond acceptors (Lipinski definition) is 6. The Morgan fingerprint density at radius 1 is 1.36 bits per heavy atom. The Hall–Kier alpha value is -1.64. The zero-order valence-corrected chi connectivity index (χ0v) is 14.8. The van der Waals surface area contributed by atoms with Gasteiger partial charge in [0.05, 0.1) is 22.6 Å². The average molecular weight is 388 g/mol. The highest BCUT2D eigenvalue weighted by Gasteiger charge is 2.24. The molecule has 9 heteroatoms. The van der Waals surface area contributed by atoms with Gasteiger partial charge in [-0.05, 0) is 18.2 Å². The highest BCUT2D eigenvalue weighted by atomic mass is 35.5.